The Morgan fingerprint density at radius 2 is 2.38 bits per heavy atom. The summed E-state index contributed by atoms with van der Waals surface area (Å²) < 4.78 is 17.0. The van der Waals surface area contributed by atoms with Gasteiger partial charge in [0.1, 0.15) is 6.17 Å². The van der Waals surface area contributed by atoms with Gasteiger partial charge in [-0.3, -0.25) is 0 Å². The lowest BCUT2D eigenvalue weighted by atomic mass is 10.0. The zero-order valence-corrected chi connectivity index (χ0v) is 4.51. The molecule has 1 unspecified atom stereocenters. The van der Waals surface area contributed by atoms with Crippen LogP contribution in [0.25, 0.3) is 0 Å². The van der Waals surface area contributed by atoms with Gasteiger partial charge < -0.3 is 9.84 Å². The first kappa shape index (κ1) is 5.98. The van der Waals surface area contributed by atoms with Gasteiger partial charge in [-0.05, 0) is 0 Å². The first-order valence-electron chi connectivity index (χ1n) is 2.67. The van der Waals surface area contributed by atoms with Crippen LogP contribution in [0, 0.1) is 5.92 Å². The number of hydrogen-bond donors (Lipinski definition) is 1. The Bertz CT molecular complexity index is 70.1. The molecule has 48 valence electrons. The number of aliphatic hydroxyl groups is 1. The van der Waals surface area contributed by atoms with E-state index in [1.54, 1.807) is 0 Å². The van der Waals surface area contributed by atoms with Crippen LogP contribution in [-0.4, -0.2) is 31.1 Å². The lowest BCUT2D eigenvalue weighted by Crippen LogP contribution is -2.37. The molecule has 1 rings (SSSR count). The lowest BCUT2D eigenvalue weighted by Gasteiger charge is -2.27. The molecular formula is C5H9FO2. The molecule has 0 aliphatic carbocycles. The molecule has 2 nitrogen and oxygen atoms in total. The molecule has 0 aromatic rings. The molecule has 1 fully saturated rings. The van der Waals surface area contributed by atoms with Gasteiger partial charge in [0, 0.05) is 5.92 Å². The molecule has 1 saturated heterocycles. The summed E-state index contributed by atoms with van der Waals surface area (Å²) in [7, 11) is 0. The monoisotopic (exact) mass is 120 g/mol. The van der Waals surface area contributed by atoms with Crippen molar-refractivity contribution in [3.8, 4) is 0 Å². The van der Waals surface area contributed by atoms with Gasteiger partial charge in [0.2, 0.25) is 0 Å². The maximum absolute atomic E-state index is 12.2. The first-order chi connectivity index (χ1) is 3.84. The standard InChI is InChI=1S/C5H9FO2/c6-5(1-7)4-2-8-3-4/h4-5,7H,1-3H2. The minimum absolute atomic E-state index is 0.0417. The lowest BCUT2D eigenvalue weighted by molar-refractivity contribution is -0.0787. The van der Waals surface area contributed by atoms with E-state index in [2.05, 4.69) is 0 Å². The van der Waals surface area contributed by atoms with Gasteiger partial charge in [-0.2, -0.15) is 0 Å². The Balaban J connectivity index is 2.13. The predicted octanol–water partition coefficient (Wildman–Crippen LogP) is -0.0368. The van der Waals surface area contributed by atoms with E-state index in [4.69, 9.17) is 9.84 Å². The highest BCUT2D eigenvalue weighted by Crippen LogP contribution is 2.16. The Hall–Kier alpha value is -0.150. The van der Waals surface area contributed by atoms with Crippen molar-refractivity contribution in [2.75, 3.05) is 19.8 Å². The van der Waals surface area contributed by atoms with Gasteiger partial charge in [-0.1, -0.05) is 0 Å². The minimum atomic E-state index is -1.07. The summed E-state index contributed by atoms with van der Waals surface area (Å²) in [5.41, 5.74) is 0. The van der Waals surface area contributed by atoms with Gasteiger partial charge in [0.25, 0.3) is 0 Å². The smallest absolute Gasteiger partial charge is 0.130 e. The maximum atomic E-state index is 12.2. The molecule has 0 aromatic carbocycles. The normalized spacial score (nSPS) is 24.8. The Labute approximate surface area is 47.3 Å². The largest absolute Gasteiger partial charge is 0.393 e. The molecule has 0 spiro atoms. The summed E-state index contributed by atoms with van der Waals surface area (Å²) in [5.74, 6) is -0.0417. The molecule has 8 heavy (non-hydrogen) atoms. The third kappa shape index (κ3) is 0.980. The van der Waals surface area contributed by atoms with Crippen molar-refractivity contribution >= 4 is 0 Å². The molecular weight excluding hydrogens is 111 g/mol. The Morgan fingerprint density at radius 1 is 1.75 bits per heavy atom. The van der Waals surface area contributed by atoms with Crippen molar-refractivity contribution in [3.05, 3.63) is 0 Å². The zero-order chi connectivity index (χ0) is 5.98. The molecule has 0 radical (unpaired) electrons. The fourth-order valence-corrected chi connectivity index (χ4v) is 0.612. The summed E-state index contributed by atoms with van der Waals surface area (Å²) in [5, 5.41) is 8.24. The van der Waals surface area contributed by atoms with Crippen molar-refractivity contribution in [3.63, 3.8) is 0 Å². The van der Waals surface area contributed by atoms with Crippen LogP contribution >= 0.6 is 0 Å². The fraction of sp³-hybridized carbons (Fsp3) is 1.00. The van der Waals surface area contributed by atoms with Crippen LogP contribution in [0.4, 0.5) is 4.39 Å². The highest BCUT2D eigenvalue weighted by atomic mass is 19.1. The number of aliphatic hydroxyl groups excluding tert-OH is 1. The van der Waals surface area contributed by atoms with Gasteiger partial charge in [-0.25, -0.2) is 4.39 Å². The van der Waals surface area contributed by atoms with Crippen LogP contribution in [0.5, 0.6) is 0 Å². The summed E-state index contributed by atoms with van der Waals surface area (Å²) in [4.78, 5) is 0. The SMILES string of the molecule is OCC(F)C1COC1. The summed E-state index contributed by atoms with van der Waals surface area (Å²) in [6.07, 6.45) is -1.07. The quantitative estimate of drug-likeness (QED) is 0.554. The molecule has 0 saturated carbocycles. The summed E-state index contributed by atoms with van der Waals surface area (Å²) >= 11 is 0. The van der Waals surface area contributed by atoms with Gasteiger partial charge in [0.05, 0.1) is 19.8 Å². The second-order valence-corrected chi connectivity index (χ2v) is 2.00. The van der Waals surface area contributed by atoms with E-state index >= 15 is 0 Å². The topological polar surface area (TPSA) is 29.5 Å². The van der Waals surface area contributed by atoms with E-state index in [-0.39, 0.29) is 12.5 Å². The minimum Gasteiger partial charge on any atom is -0.393 e. The molecule has 1 aliphatic rings. The van der Waals surface area contributed by atoms with Crippen LogP contribution in [0.2, 0.25) is 0 Å². The van der Waals surface area contributed by atoms with Crippen LogP contribution in [-0.2, 0) is 4.74 Å². The highest BCUT2D eigenvalue weighted by Gasteiger charge is 2.27. The third-order valence-electron chi connectivity index (χ3n) is 1.35. The fourth-order valence-electron chi connectivity index (χ4n) is 0.612. The van der Waals surface area contributed by atoms with Crippen molar-refractivity contribution < 1.29 is 14.2 Å². The third-order valence-corrected chi connectivity index (χ3v) is 1.35. The molecule has 1 atom stereocenters. The van der Waals surface area contributed by atoms with Crippen LogP contribution in [0.3, 0.4) is 0 Å². The van der Waals surface area contributed by atoms with E-state index in [1.165, 1.54) is 0 Å². The van der Waals surface area contributed by atoms with E-state index in [0.29, 0.717) is 13.2 Å². The number of alkyl halides is 1. The Morgan fingerprint density at radius 3 is 2.50 bits per heavy atom. The van der Waals surface area contributed by atoms with E-state index in [1.807, 2.05) is 0 Å². The maximum Gasteiger partial charge on any atom is 0.130 e. The zero-order valence-electron chi connectivity index (χ0n) is 4.51. The van der Waals surface area contributed by atoms with Crippen molar-refractivity contribution in [2.45, 2.75) is 6.17 Å². The predicted molar refractivity (Wildman–Crippen MR) is 26.3 cm³/mol. The number of ether oxygens (including phenoxy) is 1. The summed E-state index contributed by atoms with van der Waals surface area (Å²) in [6.45, 7) is 0.581. The number of hydrogen-bond acceptors (Lipinski definition) is 2. The van der Waals surface area contributed by atoms with E-state index < -0.39 is 6.17 Å². The van der Waals surface area contributed by atoms with E-state index in [0.717, 1.165) is 0 Å². The highest BCUT2D eigenvalue weighted by molar-refractivity contribution is 4.73. The van der Waals surface area contributed by atoms with Crippen molar-refractivity contribution in [1.29, 1.82) is 0 Å². The molecule has 0 bridgehead atoms. The van der Waals surface area contributed by atoms with Gasteiger partial charge >= 0.3 is 0 Å². The van der Waals surface area contributed by atoms with E-state index in [9.17, 15) is 4.39 Å². The van der Waals surface area contributed by atoms with Crippen LogP contribution in [0.1, 0.15) is 0 Å². The van der Waals surface area contributed by atoms with Crippen molar-refractivity contribution in [2.24, 2.45) is 5.92 Å². The van der Waals surface area contributed by atoms with Crippen LogP contribution < -0.4 is 0 Å². The average Bonchev–Trinajstić information content (AvgIpc) is 1.62. The van der Waals surface area contributed by atoms with Crippen molar-refractivity contribution in [1.82, 2.24) is 0 Å². The number of rotatable bonds is 2. The molecule has 1 heterocycles. The molecule has 0 aromatic heterocycles. The molecule has 0 amide bonds. The summed E-state index contributed by atoms with van der Waals surface area (Å²) in [6, 6.07) is 0. The second-order valence-electron chi connectivity index (χ2n) is 2.00. The number of halogens is 1. The van der Waals surface area contributed by atoms with Gasteiger partial charge in [0.15, 0.2) is 0 Å². The first-order valence-corrected chi connectivity index (χ1v) is 2.67. The molecule has 3 heteroatoms. The average molecular weight is 120 g/mol. The molecule has 1 N–H and O–H groups in total. The second kappa shape index (κ2) is 2.42. The van der Waals surface area contributed by atoms with Gasteiger partial charge in [-0.15, -0.1) is 0 Å². The van der Waals surface area contributed by atoms with Crippen LogP contribution in [0.15, 0.2) is 0 Å². The molecule has 1 aliphatic heterocycles. The Kier molecular flexibility index (Phi) is 1.81.